The Balaban J connectivity index is 5.40. The molecular formula is C20H38N4O6S. The predicted molar refractivity (Wildman–Crippen MR) is 120 cm³/mol. The highest BCUT2D eigenvalue weighted by atomic mass is 32.2. The van der Waals surface area contributed by atoms with Crippen molar-refractivity contribution in [2.45, 2.75) is 77.7 Å². The van der Waals surface area contributed by atoms with E-state index in [2.05, 4.69) is 16.0 Å². The van der Waals surface area contributed by atoms with E-state index in [1.54, 1.807) is 13.8 Å². The Kier molecular flexibility index (Phi) is 13.4. The molecule has 0 fully saturated rings. The number of nitrogens with one attached hydrogen (secondary N) is 3. The highest BCUT2D eigenvalue weighted by Crippen LogP contribution is 2.09. The zero-order valence-electron chi connectivity index (χ0n) is 19.2. The first kappa shape index (κ1) is 29.1. The monoisotopic (exact) mass is 462 g/mol. The summed E-state index contributed by atoms with van der Waals surface area (Å²) in [6.07, 6.45) is 1.31. The van der Waals surface area contributed by atoms with Crippen LogP contribution >= 0.6 is 11.8 Å². The molecule has 0 aliphatic rings. The van der Waals surface area contributed by atoms with Gasteiger partial charge in [0.15, 0.2) is 0 Å². The number of aliphatic hydroxyl groups excluding tert-OH is 1. The maximum atomic E-state index is 12.9. The maximum Gasteiger partial charge on any atom is 0.326 e. The molecule has 31 heavy (non-hydrogen) atoms. The summed E-state index contributed by atoms with van der Waals surface area (Å²) >= 11 is 1.48. The van der Waals surface area contributed by atoms with Crippen LogP contribution in [0, 0.1) is 11.8 Å². The zero-order valence-corrected chi connectivity index (χ0v) is 20.0. The molecule has 3 amide bonds. The molecule has 0 aliphatic heterocycles. The minimum Gasteiger partial charge on any atom is -0.480 e. The molecule has 0 spiro atoms. The van der Waals surface area contributed by atoms with E-state index in [1.165, 1.54) is 18.7 Å². The molecule has 11 heteroatoms. The van der Waals surface area contributed by atoms with Crippen molar-refractivity contribution in [1.82, 2.24) is 16.0 Å². The summed E-state index contributed by atoms with van der Waals surface area (Å²) in [5, 5.41) is 26.5. The van der Waals surface area contributed by atoms with Crippen LogP contribution in [0.4, 0.5) is 0 Å². The fraction of sp³-hybridized carbons (Fsp3) is 0.800. The number of hydrogen-bond acceptors (Lipinski definition) is 7. The van der Waals surface area contributed by atoms with Gasteiger partial charge in [0.2, 0.25) is 17.7 Å². The Morgan fingerprint density at radius 2 is 1.45 bits per heavy atom. The van der Waals surface area contributed by atoms with Gasteiger partial charge in [-0.25, -0.2) is 4.79 Å². The second kappa shape index (κ2) is 14.3. The molecule has 0 aromatic heterocycles. The molecule has 5 unspecified atom stereocenters. The third kappa shape index (κ3) is 10.8. The van der Waals surface area contributed by atoms with Crippen molar-refractivity contribution in [2.75, 3.05) is 12.0 Å². The molecule has 0 bridgehead atoms. The van der Waals surface area contributed by atoms with Crippen LogP contribution in [0.2, 0.25) is 0 Å². The number of nitrogens with two attached hydrogens (primary N) is 1. The molecule has 10 nitrogen and oxygen atoms in total. The van der Waals surface area contributed by atoms with E-state index in [9.17, 15) is 29.4 Å². The van der Waals surface area contributed by atoms with Crippen LogP contribution in [0.5, 0.6) is 0 Å². The van der Waals surface area contributed by atoms with E-state index >= 15 is 0 Å². The van der Waals surface area contributed by atoms with Gasteiger partial charge < -0.3 is 31.9 Å². The maximum absolute atomic E-state index is 12.9. The molecule has 180 valence electrons. The zero-order chi connectivity index (χ0) is 24.3. The van der Waals surface area contributed by atoms with Crippen LogP contribution in [0.1, 0.15) is 47.5 Å². The number of rotatable bonds is 14. The number of carbonyl (C=O) groups excluding carboxylic acids is 3. The number of thioether (sulfide) groups is 1. The summed E-state index contributed by atoms with van der Waals surface area (Å²) in [4.78, 5) is 49.3. The molecule has 0 heterocycles. The number of aliphatic hydroxyl groups is 1. The van der Waals surface area contributed by atoms with Crippen molar-refractivity contribution in [3.8, 4) is 0 Å². The van der Waals surface area contributed by atoms with Crippen molar-refractivity contribution in [1.29, 1.82) is 0 Å². The second-order valence-electron chi connectivity index (χ2n) is 8.37. The first-order chi connectivity index (χ1) is 14.3. The molecule has 0 aliphatic carbocycles. The third-order valence-corrected chi connectivity index (χ3v) is 5.28. The smallest absolute Gasteiger partial charge is 0.326 e. The normalized spacial score (nSPS) is 16.2. The molecule has 0 saturated heterocycles. The number of hydrogen-bond donors (Lipinski definition) is 6. The van der Waals surface area contributed by atoms with E-state index in [1.807, 2.05) is 20.1 Å². The Labute approximate surface area is 188 Å². The number of carboxylic acid groups (broad SMARTS) is 1. The quantitative estimate of drug-likeness (QED) is 0.204. The van der Waals surface area contributed by atoms with Gasteiger partial charge in [-0.3, -0.25) is 14.4 Å². The van der Waals surface area contributed by atoms with Gasteiger partial charge in [0.1, 0.15) is 24.2 Å². The summed E-state index contributed by atoms with van der Waals surface area (Å²) in [5.74, 6) is -2.70. The molecule has 5 atom stereocenters. The fourth-order valence-corrected chi connectivity index (χ4v) is 3.21. The first-order valence-corrected chi connectivity index (χ1v) is 11.8. The SMILES string of the molecule is CSCCC(NC(=O)C(NC(=O)C(N)C(C)O)C(C)C)C(=O)NC(CC(C)C)C(=O)O. The Bertz CT molecular complexity index is 614. The lowest BCUT2D eigenvalue weighted by atomic mass is 10.0. The van der Waals surface area contributed by atoms with Crippen molar-refractivity contribution >= 4 is 35.5 Å². The van der Waals surface area contributed by atoms with Crippen LogP contribution in [0.15, 0.2) is 0 Å². The van der Waals surface area contributed by atoms with Gasteiger partial charge in [0, 0.05) is 0 Å². The van der Waals surface area contributed by atoms with Gasteiger partial charge >= 0.3 is 5.97 Å². The minimum atomic E-state index is -1.20. The van der Waals surface area contributed by atoms with Gasteiger partial charge in [-0.2, -0.15) is 11.8 Å². The average molecular weight is 463 g/mol. The molecule has 0 rings (SSSR count). The Hall–Kier alpha value is -1.85. The van der Waals surface area contributed by atoms with Gasteiger partial charge in [-0.05, 0) is 43.6 Å². The van der Waals surface area contributed by atoms with Crippen molar-refractivity contribution in [3.05, 3.63) is 0 Å². The largest absolute Gasteiger partial charge is 0.480 e. The van der Waals surface area contributed by atoms with E-state index in [-0.39, 0.29) is 18.3 Å². The average Bonchev–Trinajstić information content (AvgIpc) is 2.66. The van der Waals surface area contributed by atoms with E-state index in [0.717, 1.165) is 0 Å². The highest BCUT2D eigenvalue weighted by Gasteiger charge is 2.32. The van der Waals surface area contributed by atoms with E-state index < -0.39 is 54.0 Å². The number of aliphatic carboxylic acids is 1. The number of amides is 3. The Morgan fingerprint density at radius 3 is 1.87 bits per heavy atom. The van der Waals surface area contributed by atoms with Gasteiger partial charge in [0.05, 0.1) is 6.10 Å². The molecule has 0 saturated carbocycles. The lowest BCUT2D eigenvalue weighted by Crippen LogP contribution is -2.59. The van der Waals surface area contributed by atoms with Crippen molar-refractivity contribution in [3.63, 3.8) is 0 Å². The van der Waals surface area contributed by atoms with Crippen LogP contribution in [0.3, 0.4) is 0 Å². The van der Waals surface area contributed by atoms with Crippen molar-refractivity contribution in [2.24, 2.45) is 17.6 Å². The highest BCUT2D eigenvalue weighted by molar-refractivity contribution is 7.98. The van der Waals surface area contributed by atoms with Crippen LogP contribution in [0.25, 0.3) is 0 Å². The summed E-state index contributed by atoms with van der Waals surface area (Å²) in [6.45, 7) is 8.51. The third-order valence-electron chi connectivity index (χ3n) is 4.63. The molecule has 7 N–H and O–H groups in total. The lowest BCUT2D eigenvalue weighted by Gasteiger charge is -2.27. The predicted octanol–water partition coefficient (Wildman–Crippen LogP) is -0.311. The first-order valence-electron chi connectivity index (χ1n) is 10.4. The summed E-state index contributed by atoms with van der Waals surface area (Å²) < 4.78 is 0. The van der Waals surface area contributed by atoms with Gasteiger partial charge in [-0.1, -0.05) is 27.7 Å². The van der Waals surface area contributed by atoms with Crippen LogP contribution in [-0.4, -0.2) is 76.2 Å². The molecule has 0 aromatic carbocycles. The van der Waals surface area contributed by atoms with Crippen molar-refractivity contribution < 1.29 is 29.4 Å². The summed E-state index contributed by atoms with van der Waals surface area (Å²) in [7, 11) is 0. The van der Waals surface area contributed by atoms with E-state index in [4.69, 9.17) is 5.73 Å². The minimum absolute atomic E-state index is 0.0549. The molecule has 0 radical (unpaired) electrons. The van der Waals surface area contributed by atoms with Crippen LogP contribution in [-0.2, 0) is 19.2 Å². The fourth-order valence-electron chi connectivity index (χ4n) is 2.73. The number of carbonyl (C=O) groups is 4. The van der Waals surface area contributed by atoms with E-state index in [0.29, 0.717) is 12.2 Å². The van der Waals surface area contributed by atoms with Gasteiger partial charge in [0.25, 0.3) is 0 Å². The van der Waals surface area contributed by atoms with Gasteiger partial charge in [-0.15, -0.1) is 0 Å². The summed E-state index contributed by atoms with van der Waals surface area (Å²) in [6, 6.07) is -4.20. The standard InChI is InChI=1S/C20H38N4O6S/c1-10(2)9-14(20(29)30)23-17(26)13(7-8-31-6)22-19(28)16(11(3)4)24-18(27)15(21)12(5)25/h10-16,25H,7-9,21H2,1-6H3,(H,22,28)(H,23,26)(H,24,27)(H,29,30). The Morgan fingerprint density at radius 1 is 0.903 bits per heavy atom. The van der Waals surface area contributed by atoms with Crippen LogP contribution < -0.4 is 21.7 Å². The molecule has 0 aromatic rings. The molecular weight excluding hydrogens is 424 g/mol. The number of carboxylic acids is 1. The topological polar surface area (TPSA) is 171 Å². The second-order valence-corrected chi connectivity index (χ2v) is 9.35. The summed E-state index contributed by atoms with van der Waals surface area (Å²) in [5.41, 5.74) is 5.63. The lowest BCUT2D eigenvalue weighted by molar-refractivity contribution is -0.143.